The number of aromatic nitrogens is 1. The Labute approximate surface area is 109 Å². The Hall–Kier alpha value is -1.81. The lowest BCUT2D eigenvalue weighted by molar-refractivity contribution is 0.337. The number of ether oxygens (including phenoxy) is 2. The average molecular weight is 268 g/mol. The molecule has 0 N–H and O–H groups in total. The predicted octanol–water partition coefficient (Wildman–Crippen LogP) is 4.07. The molecule has 5 heteroatoms. The summed E-state index contributed by atoms with van der Waals surface area (Å²) in [6, 6.07) is 8.06. The quantitative estimate of drug-likeness (QED) is 0.837. The van der Waals surface area contributed by atoms with E-state index in [2.05, 4.69) is 4.98 Å². The highest BCUT2D eigenvalue weighted by Gasteiger charge is 2.07. The van der Waals surface area contributed by atoms with Crippen LogP contribution in [0.3, 0.4) is 0 Å². The Balaban J connectivity index is 2.20. The van der Waals surface area contributed by atoms with Crippen molar-refractivity contribution < 1.29 is 13.9 Å². The summed E-state index contributed by atoms with van der Waals surface area (Å²) in [6.07, 6.45) is 1.33. The van der Waals surface area contributed by atoms with Gasteiger partial charge in [-0.3, -0.25) is 0 Å². The van der Waals surface area contributed by atoms with E-state index in [-0.39, 0.29) is 10.9 Å². The molecule has 0 saturated heterocycles. The van der Waals surface area contributed by atoms with Crippen LogP contribution < -0.4 is 9.47 Å². The van der Waals surface area contributed by atoms with Crippen molar-refractivity contribution in [1.82, 2.24) is 4.98 Å². The van der Waals surface area contributed by atoms with Gasteiger partial charge < -0.3 is 9.47 Å². The van der Waals surface area contributed by atoms with Crippen LogP contribution in [0.15, 0.2) is 36.5 Å². The van der Waals surface area contributed by atoms with E-state index < -0.39 is 5.82 Å². The van der Waals surface area contributed by atoms with Crippen molar-refractivity contribution in [3.05, 3.63) is 47.4 Å². The zero-order valence-electron chi connectivity index (χ0n) is 9.69. The molecule has 0 aliphatic heterocycles. The van der Waals surface area contributed by atoms with E-state index in [1.54, 1.807) is 24.3 Å². The topological polar surface area (TPSA) is 31.4 Å². The van der Waals surface area contributed by atoms with Crippen LogP contribution in [0.1, 0.15) is 6.92 Å². The van der Waals surface area contributed by atoms with Gasteiger partial charge in [-0.15, -0.1) is 0 Å². The van der Waals surface area contributed by atoms with Crippen molar-refractivity contribution in [2.45, 2.75) is 6.92 Å². The average Bonchev–Trinajstić information content (AvgIpc) is 2.34. The number of hydrogen-bond donors (Lipinski definition) is 0. The van der Waals surface area contributed by atoms with E-state index >= 15 is 0 Å². The summed E-state index contributed by atoms with van der Waals surface area (Å²) in [5.74, 6) is 0.386. The fraction of sp³-hybridized carbons (Fsp3) is 0.154. The van der Waals surface area contributed by atoms with Crippen LogP contribution in [-0.2, 0) is 0 Å². The molecule has 2 rings (SSSR count). The smallest absolute Gasteiger partial charge is 0.255 e. The Morgan fingerprint density at radius 1 is 1.28 bits per heavy atom. The second-order valence-corrected chi connectivity index (χ2v) is 3.89. The lowest BCUT2D eigenvalue weighted by atomic mass is 10.3. The maximum absolute atomic E-state index is 13.5. The molecule has 3 nitrogen and oxygen atoms in total. The van der Waals surface area contributed by atoms with Crippen LogP contribution in [0.4, 0.5) is 4.39 Å². The van der Waals surface area contributed by atoms with Crippen LogP contribution in [0.5, 0.6) is 17.4 Å². The molecule has 0 unspecified atom stereocenters. The Kier molecular flexibility index (Phi) is 3.99. The van der Waals surface area contributed by atoms with Crippen LogP contribution in [0.25, 0.3) is 0 Å². The molecule has 0 atom stereocenters. The van der Waals surface area contributed by atoms with Gasteiger partial charge in [0.25, 0.3) is 5.88 Å². The Bertz CT molecular complexity index is 548. The fourth-order valence-corrected chi connectivity index (χ4v) is 1.53. The van der Waals surface area contributed by atoms with Crippen LogP contribution in [0.2, 0.25) is 5.02 Å². The van der Waals surface area contributed by atoms with Crippen molar-refractivity contribution in [2.75, 3.05) is 6.61 Å². The molecule has 0 aliphatic carbocycles. The molecule has 0 amide bonds. The minimum Gasteiger partial charge on any atom is -0.494 e. The molecule has 0 bridgehead atoms. The minimum atomic E-state index is -0.607. The summed E-state index contributed by atoms with van der Waals surface area (Å²) in [5, 5.41) is 0.225. The molecule has 1 heterocycles. The van der Waals surface area contributed by atoms with Gasteiger partial charge in [0.2, 0.25) is 0 Å². The van der Waals surface area contributed by atoms with Gasteiger partial charge in [-0.05, 0) is 25.1 Å². The van der Waals surface area contributed by atoms with Crippen molar-refractivity contribution in [1.29, 1.82) is 0 Å². The Morgan fingerprint density at radius 3 is 2.78 bits per heavy atom. The van der Waals surface area contributed by atoms with Crippen molar-refractivity contribution >= 4 is 11.6 Å². The van der Waals surface area contributed by atoms with E-state index in [1.165, 1.54) is 6.20 Å². The molecule has 1 aromatic heterocycles. The lowest BCUT2D eigenvalue weighted by Crippen LogP contribution is -1.94. The van der Waals surface area contributed by atoms with Gasteiger partial charge in [0, 0.05) is 12.3 Å². The van der Waals surface area contributed by atoms with Gasteiger partial charge in [-0.25, -0.2) is 9.37 Å². The molecule has 0 saturated carbocycles. The zero-order chi connectivity index (χ0) is 13.0. The molecule has 18 heavy (non-hydrogen) atoms. The summed E-state index contributed by atoms with van der Waals surface area (Å²) in [5.41, 5.74) is 0. The van der Waals surface area contributed by atoms with Gasteiger partial charge in [-0.1, -0.05) is 17.7 Å². The van der Waals surface area contributed by atoms with Crippen molar-refractivity contribution in [3.8, 4) is 17.4 Å². The highest BCUT2D eigenvalue weighted by molar-refractivity contribution is 6.30. The van der Waals surface area contributed by atoms with Gasteiger partial charge in [-0.2, -0.15) is 0 Å². The molecule has 1 aromatic carbocycles. The number of nitrogens with zero attached hydrogens (tertiary/aromatic N) is 1. The number of benzene rings is 1. The molecule has 0 fully saturated rings. The SMILES string of the molecule is CCOc1cccc(Oc2ncc(Cl)cc2F)c1. The van der Waals surface area contributed by atoms with E-state index in [0.29, 0.717) is 18.1 Å². The first-order valence-corrected chi connectivity index (χ1v) is 5.78. The summed E-state index contributed by atoms with van der Waals surface area (Å²) in [6.45, 7) is 2.44. The molecular formula is C13H11ClFNO2. The minimum absolute atomic E-state index is 0.118. The third kappa shape index (κ3) is 3.11. The third-order valence-electron chi connectivity index (χ3n) is 2.11. The first kappa shape index (κ1) is 12.6. The monoisotopic (exact) mass is 267 g/mol. The molecule has 0 aliphatic rings. The third-order valence-corrected chi connectivity index (χ3v) is 2.31. The second kappa shape index (κ2) is 5.69. The second-order valence-electron chi connectivity index (χ2n) is 3.45. The highest BCUT2D eigenvalue weighted by Crippen LogP contribution is 2.26. The van der Waals surface area contributed by atoms with E-state index in [1.807, 2.05) is 6.92 Å². The highest BCUT2D eigenvalue weighted by atomic mass is 35.5. The van der Waals surface area contributed by atoms with Gasteiger partial charge in [0.1, 0.15) is 11.5 Å². The van der Waals surface area contributed by atoms with Crippen LogP contribution >= 0.6 is 11.6 Å². The summed E-state index contributed by atoms with van der Waals surface area (Å²) in [7, 11) is 0. The summed E-state index contributed by atoms with van der Waals surface area (Å²) in [4.78, 5) is 3.78. The summed E-state index contributed by atoms with van der Waals surface area (Å²) >= 11 is 5.61. The standard InChI is InChI=1S/C13H11ClFNO2/c1-2-17-10-4-3-5-11(7-10)18-13-12(15)6-9(14)8-16-13/h3-8H,2H2,1H3. The van der Waals surface area contributed by atoms with Gasteiger partial charge in [0.15, 0.2) is 5.82 Å². The maximum atomic E-state index is 13.5. The van der Waals surface area contributed by atoms with E-state index in [0.717, 1.165) is 6.07 Å². The van der Waals surface area contributed by atoms with E-state index in [9.17, 15) is 4.39 Å². The first-order valence-electron chi connectivity index (χ1n) is 5.41. The Morgan fingerprint density at radius 2 is 2.06 bits per heavy atom. The molecule has 0 radical (unpaired) electrons. The molecule has 0 spiro atoms. The summed E-state index contributed by atoms with van der Waals surface area (Å²) < 4.78 is 24.1. The normalized spacial score (nSPS) is 10.2. The lowest BCUT2D eigenvalue weighted by Gasteiger charge is -2.08. The molecule has 2 aromatic rings. The maximum Gasteiger partial charge on any atom is 0.255 e. The van der Waals surface area contributed by atoms with Crippen LogP contribution in [0, 0.1) is 5.82 Å². The largest absolute Gasteiger partial charge is 0.494 e. The number of pyridine rings is 1. The molecular weight excluding hydrogens is 257 g/mol. The number of rotatable bonds is 4. The van der Waals surface area contributed by atoms with E-state index in [4.69, 9.17) is 21.1 Å². The van der Waals surface area contributed by atoms with Crippen molar-refractivity contribution in [2.24, 2.45) is 0 Å². The van der Waals surface area contributed by atoms with Crippen LogP contribution in [-0.4, -0.2) is 11.6 Å². The fourth-order valence-electron chi connectivity index (χ4n) is 1.38. The number of hydrogen-bond acceptors (Lipinski definition) is 3. The van der Waals surface area contributed by atoms with Gasteiger partial charge in [0.05, 0.1) is 11.6 Å². The zero-order valence-corrected chi connectivity index (χ0v) is 10.4. The molecule has 94 valence electrons. The van der Waals surface area contributed by atoms with Gasteiger partial charge >= 0.3 is 0 Å². The van der Waals surface area contributed by atoms with Crippen molar-refractivity contribution in [3.63, 3.8) is 0 Å². The first-order chi connectivity index (χ1) is 8.69. The predicted molar refractivity (Wildman–Crippen MR) is 66.9 cm³/mol. The number of halogens is 2.